The van der Waals surface area contributed by atoms with Crippen LogP contribution in [0.15, 0.2) is 65.5 Å². The molecule has 1 amide bonds. The predicted molar refractivity (Wildman–Crippen MR) is 134 cm³/mol. The van der Waals surface area contributed by atoms with Gasteiger partial charge >= 0.3 is 0 Å². The van der Waals surface area contributed by atoms with Crippen molar-refractivity contribution in [3.63, 3.8) is 0 Å². The molecule has 33 heavy (non-hydrogen) atoms. The number of nitrogens with one attached hydrogen (secondary N) is 1. The van der Waals surface area contributed by atoms with Gasteiger partial charge in [0.1, 0.15) is 12.2 Å². The number of carbonyl (C=O) groups excluding carboxylic acids is 1. The molecule has 0 fully saturated rings. The molecule has 0 bridgehead atoms. The van der Waals surface area contributed by atoms with Crippen LogP contribution in [-0.2, 0) is 11.3 Å². The van der Waals surface area contributed by atoms with Crippen LogP contribution < -0.4 is 10.9 Å². The lowest BCUT2D eigenvalue weighted by Crippen LogP contribution is -2.30. The summed E-state index contributed by atoms with van der Waals surface area (Å²) in [4.78, 5) is 30.5. The first-order chi connectivity index (χ1) is 15.9. The normalized spacial score (nSPS) is 11.2. The Balaban J connectivity index is 1.56. The van der Waals surface area contributed by atoms with Crippen molar-refractivity contribution in [2.45, 2.75) is 27.3 Å². The van der Waals surface area contributed by atoms with Crippen LogP contribution in [0, 0.1) is 20.8 Å². The minimum Gasteiger partial charge on any atom is -0.324 e. The molecule has 0 aliphatic carbocycles. The van der Waals surface area contributed by atoms with Gasteiger partial charge in [0.15, 0.2) is 5.52 Å². The number of thiazole rings is 1. The smallest absolute Gasteiger partial charge is 0.294 e. The summed E-state index contributed by atoms with van der Waals surface area (Å²) >= 11 is 1.44. The van der Waals surface area contributed by atoms with Crippen molar-refractivity contribution in [3.8, 4) is 11.3 Å². The number of carbonyl (C=O) groups is 1. The summed E-state index contributed by atoms with van der Waals surface area (Å²) in [6.45, 7) is 5.72. The number of hydrogen-bond donors (Lipinski definition) is 1. The molecule has 0 saturated heterocycles. The highest BCUT2D eigenvalue weighted by Crippen LogP contribution is 2.31. The maximum absolute atomic E-state index is 13.1. The van der Waals surface area contributed by atoms with Gasteiger partial charge < -0.3 is 5.32 Å². The van der Waals surface area contributed by atoms with Crippen LogP contribution >= 0.6 is 11.3 Å². The van der Waals surface area contributed by atoms with Crippen molar-refractivity contribution in [3.05, 3.63) is 87.2 Å². The lowest BCUT2D eigenvalue weighted by molar-refractivity contribution is -0.117. The van der Waals surface area contributed by atoms with Gasteiger partial charge in [-0.05, 0) is 37.8 Å². The molecule has 0 unspecified atom stereocenters. The Morgan fingerprint density at radius 3 is 2.64 bits per heavy atom. The fourth-order valence-corrected chi connectivity index (χ4v) is 5.00. The van der Waals surface area contributed by atoms with E-state index in [-0.39, 0.29) is 18.0 Å². The molecule has 7 heteroatoms. The number of aryl methyl sites for hydroxylation is 3. The molecule has 5 aromatic rings. The summed E-state index contributed by atoms with van der Waals surface area (Å²) in [5.74, 6) is -0.321. The Morgan fingerprint density at radius 1 is 1.03 bits per heavy atom. The lowest BCUT2D eigenvalue weighted by atomic mass is 10.0. The lowest BCUT2D eigenvalue weighted by Gasteiger charge is -2.12. The first-order valence-corrected chi connectivity index (χ1v) is 11.5. The van der Waals surface area contributed by atoms with E-state index in [1.165, 1.54) is 16.0 Å². The maximum atomic E-state index is 13.1. The largest absolute Gasteiger partial charge is 0.324 e. The van der Waals surface area contributed by atoms with E-state index in [2.05, 4.69) is 21.5 Å². The number of anilines is 1. The van der Waals surface area contributed by atoms with E-state index < -0.39 is 0 Å². The van der Waals surface area contributed by atoms with Gasteiger partial charge in [0.05, 0.1) is 9.71 Å². The maximum Gasteiger partial charge on any atom is 0.294 e. The highest BCUT2D eigenvalue weighted by Gasteiger charge is 2.19. The van der Waals surface area contributed by atoms with E-state index in [9.17, 15) is 9.59 Å². The Hall–Kier alpha value is -3.84. The van der Waals surface area contributed by atoms with Gasteiger partial charge in [0.25, 0.3) is 5.56 Å². The van der Waals surface area contributed by atoms with E-state index in [4.69, 9.17) is 0 Å². The number of rotatable bonds is 4. The highest BCUT2D eigenvalue weighted by molar-refractivity contribution is 7.19. The van der Waals surface area contributed by atoms with Crippen molar-refractivity contribution in [2.75, 3.05) is 5.32 Å². The molecule has 1 N–H and O–H groups in total. The second kappa shape index (κ2) is 8.26. The molecule has 6 nitrogen and oxygen atoms in total. The molecule has 2 heterocycles. The second-order valence-electron chi connectivity index (χ2n) is 8.12. The third kappa shape index (κ3) is 3.91. The molecule has 0 aliphatic rings. The van der Waals surface area contributed by atoms with Crippen molar-refractivity contribution in [2.24, 2.45) is 0 Å². The molecule has 164 valence electrons. The third-order valence-corrected chi connectivity index (χ3v) is 6.58. The number of nitrogens with zero attached hydrogens (tertiary/aromatic N) is 3. The molecule has 0 aliphatic heterocycles. The van der Waals surface area contributed by atoms with E-state index in [1.54, 1.807) is 0 Å². The zero-order valence-corrected chi connectivity index (χ0v) is 19.4. The summed E-state index contributed by atoms with van der Waals surface area (Å²) in [5, 5.41) is 10.3. The number of hydrogen-bond acceptors (Lipinski definition) is 5. The SMILES string of the molecule is Cc1ccc(-c2nn(CC(=O)Nc3cccc4ccccc34)c(=O)c3nc(C)sc23)c(C)c1. The summed E-state index contributed by atoms with van der Waals surface area (Å²) in [5.41, 5.74) is 4.49. The Bertz CT molecular complexity index is 1590. The molecular weight excluding hydrogens is 432 g/mol. The van der Waals surface area contributed by atoms with Gasteiger partial charge in [0.2, 0.25) is 5.91 Å². The Labute approximate surface area is 194 Å². The minimum atomic E-state index is -0.365. The summed E-state index contributed by atoms with van der Waals surface area (Å²) in [7, 11) is 0. The van der Waals surface area contributed by atoms with Gasteiger partial charge in [-0.15, -0.1) is 11.3 Å². The Kier molecular flexibility index (Phi) is 5.26. The molecule has 0 atom stereocenters. The number of aromatic nitrogens is 3. The van der Waals surface area contributed by atoms with Crippen LogP contribution in [0.25, 0.3) is 32.2 Å². The highest BCUT2D eigenvalue weighted by atomic mass is 32.1. The van der Waals surface area contributed by atoms with E-state index in [0.29, 0.717) is 16.9 Å². The standard InChI is InChI=1S/C26H22N4O2S/c1-15-11-12-19(16(2)13-15)23-25-24(27-17(3)33-25)26(32)30(29-23)14-22(31)28-21-10-6-8-18-7-4-5-9-20(18)21/h4-13H,14H2,1-3H3,(H,28,31). The summed E-state index contributed by atoms with van der Waals surface area (Å²) in [6, 6.07) is 19.7. The fraction of sp³-hybridized carbons (Fsp3) is 0.154. The first kappa shape index (κ1) is 21.0. The molecular formula is C26H22N4O2S. The predicted octanol–water partition coefficient (Wildman–Crippen LogP) is 5.24. The van der Waals surface area contributed by atoms with Gasteiger partial charge in [0, 0.05) is 16.6 Å². The summed E-state index contributed by atoms with van der Waals surface area (Å²) in [6.07, 6.45) is 0. The van der Waals surface area contributed by atoms with Crippen molar-refractivity contribution >= 4 is 43.9 Å². The number of amides is 1. The molecule has 0 radical (unpaired) electrons. The van der Waals surface area contributed by atoms with Crippen LogP contribution in [0.4, 0.5) is 5.69 Å². The molecule has 5 rings (SSSR count). The van der Waals surface area contributed by atoms with E-state index >= 15 is 0 Å². The fourth-order valence-electron chi connectivity index (χ4n) is 4.09. The van der Waals surface area contributed by atoms with Crippen LogP contribution in [0.2, 0.25) is 0 Å². The third-order valence-electron chi connectivity index (χ3n) is 5.60. The molecule has 2 aromatic heterocycles. The molecule has 0 spiro atoms. The molecule has 0 saturated carbocycles. The van der Waals surface area contributed by atoms with Gasteiger partial charge in [-0.2, -0.15) is 5.10 Å². The van der Waals surface area contributed by atoms with Crippen molar-refractivity contribution in [1.29, 1.82) is 0 Å². The number of fused-ring (bicyclic) bond motifs is 2. The summed E-state index contributed by atoms with van der Waals surface area (Å²) < 4.78 is 1.96. The topological polar surface area (TPSA) is 76.9 Å². The average Bonchev–Trinajstić information content (AvgIpc) is 3.18. The van der Waals surface area contributed by atoms with Crippen LogP contribution in [-0.4, -0.2) is 20.7 Å². The zero-order valence-electron chi connectivity index (χ0n) is 18.5. The zero-order chi connectivity index (χ0) is 23.1. The Morgan fingerprint density at radius 2 is 1.82 bits per heavy atom. The number of benzene rings is 3. The van der Waals surface area contributed by atoms with Crippen LogP contribution in [0.3, 0.4) is 0 Å². The van der Waals surface area contributed by atoms with Crippen LogP contribution in [0.1, 0.15) is 16.1 Å². The van der Waals surface area contributed by atoms with Crippen molar-refractivity contribution in [1.82, 2.24) is 14.8 Å². The van der Waals surface area contributed by atoms with Gasteiger partial charge in [-0.3, -0.25) is 9.59 Å². The minimum absolute atomic E-state index is 0.202. The quantitative estimate of drug-likeness (QED) is 0.403. The second-order valence-corrected chi connectivity index (χ2v) is 9.32. The van der Waals surface area contributed by atoms with Gasteiger partial charge in [-0.25, -0.2) is 9.67 Å². The molecule has 3 aromatic carbocycles. The van der Waals surface area contributed by atoms with E-state index in [0.717, 1.165) is 37.2 Å². The van der Waals surface area contributed by atoms with Crippen molar-refractivity contribution < 1.29 is 4.79 Å². The first-order valence-electron chi connectivity index (χ1n) is 10.6. The van der Waals surface area contributed by atoms with Crippen LogP contribution in [0.5, 0.6) is 0 Å². The van der Waals surface area contributed by atoms with Gasteiger partial charge in [-0.1, -0.05) is 60.2 Å². The monoisotopic (exact) mass is 454 g/mol. The van der Waals surface area contributed by atoms with E-state index in [1.807, 2.05) is 75.4 Å². The average molecular weight is 455 g/mol.